The van der Waals surface area contributed by atoms with E-state index >= 15 is 0 Å². The zero-order valence-electron chi connectivity index (χ0n) is 11.7. The molecule has 2 aliphatic heterocycles. The van der Waals surface area contributed by atoms with E-state index in [-0.39, 0.29) is 29.8 Å². The van der Waals surface area contributed by atoms with Crippen LogP contribution in [0.4, 0.5) is 5.13 Å². The van der Waals surface area contributed by atoms with Gasteiger partial charge in [-0.05, 0) is 0 Å². The molecule has 2 aliphatic rings. The van der Waals surface area contributed by atoms with Crippen LogP contribution >= 0.6 is 11.3 Å². The van der Waals surface area contributed by atoms with Crippen LogP contribution in [0.3, 0.4) is 0 Å². The largest absolute Gasteiger partial charge is 0.481 e. The van der Waals surface area contributed by atoms with Gasteiger partial charge < -0.3 is 9.84 Å². The van der Waals surface area contributed by atoms with E-state index in [1.165, 1.54) is 0 Å². The second-order valence-electron chi connectivity index (χ2n) is 5.13. The Morgan fingerprint density at radius 3 is 2.82 bits per heavy atom. The number of carboxylic acid groups (broad SMARTS) is 1. The molecule has 2 fully saturated rings. The van der Waals surface area contributed by atoms with E-state index in [0.717, 1.165) is 16.2 Å². The minimum Gasteiger partial charge on any atom is -0.481 e. The molecular weight excluding hydrogens is 310 g/mol. The molecule has 1 aromatic rings. The van der Waals surface area contributed by atoms with Crippen LogP contribution in [-0.2, 0) is 25.5 Å². The van der Waals surface area contributed by atoms with Gasteiger partial charge in [-0.25, -0.2) is 9.88 Å². The first-order chi connectivity index (χ1) is 10.6. The van der Waals surface area contributed by atoms with E-state index in [4.69, 9.17) is 9.84 Å². The maximum Gasteiger partial charge on any atom is 0.309 e. The third-order valence-electron chi connectivity index (χ3n) is 3.67. The first kappa shape index (κ1) is 15.1. The molecule has 2 amide bonds. The molecule has 9 heteroatoms. The number of hydrogen-bond donors (Lipinski definition) is 1. The first-order valence-electron chi connectivity index (χ1n) is 6.91. The summed E-state index contributed by atoms with van der Waals surface area (Å²) in [6.45, 7) is 2.36. The van der Waals surface area contributed by atoms with Crippen molar-refractivity contribution < 1.29 is 24.2 Å². The molecule has 0 saturated carbocycles. The highest BCUT2D eigenvalue weighted by Gasteiger charge is 2.44. The maximum atomic E-state index is 12.5. The second kappa shape index (κ2) is 6.11. The molecule has 22 heavy (non-hydrogen) atoms. The van der Waals surface area contributed by atoms with Crippen LogP contribution in [0.2, 0.25) is 0 Å². The van der Waals surface area contributed by atoms with E-state index in [1.54, 1.807) is 5.38 Å². The topological polar surface area (TPSA) is 100 Å². The van der Waals surface area contributed by atoms with Crippen molar-refractivity contribution in [1.82, 2.24) is 9.88 Å². The summed E-state index contributed by atoms with van der Waals surface area (Å²) in [6, 6.07) is -0.469. The monoisotopic (exact) mass is 325 g/mol. The van der Waals surface area contributed by atoms with Crippen molar-refractivity contribution in [3.8, 4) is 0 Å². The third-order valence-corrected chi connectivity index (χ3v) is 4.55. The van der Waals surface area contributed by atoms with E-state index in [9.17, 15) is 14.4 Å². The van der Waals surface area contributed by atoms with Crippen molar-refractivity contribution in [2.75, 3.05) is 31.2 Å². The second-order valence-corrected chi connectivity index (χ2v) is 5.96. The lowest BCUT2D eigenvalue weighted by Gasteiger charge is -2.30. The number of carbonyl (C=O) groups is 3. The van der Waals surface area contributed by atoms with Gasteiger partial charge in [0.15, 0.2) is 5.13 Å². The van der Waals surface area contributed by atoms with Crippen LogP contribution in [0, 0.1) is 0 Å². The van der Waals surface area contributed by atoms with Gasteiger partial charge in [0.05, 0.1) is 37.8 Å². The smallest absolute Gasteiger partial charge is 0.309 e. The highest BCUT2D eigenvalue weighted by Crippen LogP contribution is 2.29. The molecule has 0 aliphatic carbocycles. The van der Waals surface area contributed by atoms with Gasteiger partial charge in [-0.15, -0.1) is 11.3 Å². The summed E-state index contributed by atoms with van der Waals surface area (Å²) in [5.74, 6) is -1.58. The fraction of sp³-hybridized carbons (Fsp3) is 0.538. The molecule has 0 bridgehead atoms. The van der Waals surface area contributed by atoms with Gasteiger partial charge in [0.1, 0.15) is 0 Å². The van der Waals surface area contributed by atoms with Gasteiger partial charge in [-0.3, -0.25) is 19.3 Å². The van der Waals surface area contributed by atoms with Gasteiger partial charge in [0, 0.05) is 18.5 Å². The fourth-order valence-corrected chi connectivity index (χ4v) is 3.47. The summed E-state index contributed by atoms with van der Waals surface area (Å²) in [7, 11) is 0. The number of morpholine rings is 1. The Morgan fingerprint density at radius 1 is 1.41 bits per heavy atom. The fourth-order valence-electron chi connectivity index (χ4n) is 2.63. The molecule has 1 N–H and O–H groups in total. The van der Waals surface area contributed by atoms with E-state index < -0.39 is 12.0 Å². The first-order valence-corrected chi connectivity index (χ1v) is 7.79. The third kappa shape index (κ3) is 2.87. The summed E-state index contributed by atoms with van der Waals surface area (Å²) in [4.78, 5) is 42.5. The average Bonchev–Trinajstić information content (AvgIpc) is 3.04. The van der Waals surface area contributed by atoms with Crippen LogP contribution in [0.1, 0.15) is 12.1 Å². The maximum absolute atomic E-state index is 12.5. The number of carbonyl (C=O) groups excluding carboxylic acids is 2. The standard InChI is InChI=1S/C13H15N3O5S/c17-10-6-9(15-1-3-21-4-2-15)12(20)16(10)13-14-8(7-22-13)5-11(18)19/h7,9H,1-6H2,(H,18,19). The SMILES string of the molecule is O=C(O)Cc1csc(N2C(=O)CC(N3CCOCC3)C2=O)n1. The number of aromatic nitrogens is 1. The molecule has 3 rings (SSSR count). The number of imide groups is 1. The molecule has 118 valence electrons. The highest BCUT2D eigenvalue weighted by atomic mass is 32.1. The number of rotatable bonds is 4. The van der Waals surface area contributed by atoms with Crippen LogP contribution in [0.15, 0.2) is 5.38 Å². The predicted octanol–water partition coefficient (Wildman–Crippen LogP) is -0.266. The Balaban J connectivity index is 1.76. The Bertz CT molecular complexity index is 611. The Kier molecular flexibility index (Phi) is 4.19. The van der Waals surface area contributed by atoms with E-state index in [0.29, 0.717) is 32.0 Å². The number of carboxylic acids is 1. The number of thiazole rings is 1. The van der Waals surface area contributed by atoms with Crippen molar-refractivity contribution in [3.05, 3.63) is 11.1 Å². The minimum atomic E-state index is -0.998. The Hall–Kier alpha value is -1.84. The molecule has 1 atom stereocenters. The van der Waals surface area contributed by atoms with Crippen LogP contribution in [-0.4, -0.2) is 65.1 Å². The Labute approximate surface area is 130 Å². The number of aliphatic carboxylic acids is 1. The van der Waals surface area contributed by atoms with E-state index in [2.05, 4.69) is 4.98 Å². The predicted molar refractivity (Wildman–Crippen MR) is 76.7 cm³/mol. The number of anilines is 1. The van der Waals surface area contributed by atoms with Crippen molar-refractivity contribution in [1.29, 1.82) is 0 Å². The van der Waals surface area contributed by atoms with Crippen LogP contribution in [0.25, 0.3) is 0 Å². The van der Waals surface area contributed by atoms with Crippen LogP contribution in [0.5, 0.6) is 0 Å². The lowest BCUT2D eigenvalue weighted by Crippen LogP contribution is -2.47. The molecule has 3 heterocycles. The molecule has 8 nitrogen and oxygen atoms in total. The molecule has 1 aromatic heterocycles. The number of ether oxygens (including phenoxy) is 1. The van der Waals surface area contributed by atoms with Gasteiger partial charge in [-0.1, -0.05) is 0 Å². The molecule has 0 spiro atoms. The summed E-state index contributed by atoms with van der Waals surface area (Å²) in [5.41, 5.74) is 0.350. The van der Waals surface area contributed by atoms with Gasteiger partial charge in [0.25, 0.3) is 5.91 Å². The van der Waals surface area contributed by atoms with Crippen molar-refractivity contribution in [3.63, 3.8) is 0 Å². The summed E-state index contributed by atoms with van der Waals surface area (Å²) >= 11 is 1.11. The molecule has 2 saturated heterocycles. The molecule has 1 unspecified atom stereocenters. The van der Waals surface area contributed by atoms with Crippen LogP contribution < -0.4 is 4.90 Å². The molecule has 0 radical (unpaired) electrons. The quantitative estimate of drug-likeness (QED) is 0.761. The highest BCUT2D eigenvalue weighted by molar-refractivity contribution is 7.14. The Morgan fingerprint density at radius 2 is 2.14 bits per heavy atom. The van der Waals surface area contributed by atoms with Gasteiger partial charge in [-0.2, -0.15) is 0 Å². The van der Waals surface area contributed by atoms with Crippen molar-refractivity contribution in [2.45, 2.75) is 18.9 Å². The number of amides is 2. The number of nitrogens with zero attached hydrogens (tertiary/aromatic N) is 3. The van der Waals surface area contributed by atoms with Gasteiger partial charge >= 0.3 is 5.97 Å². The lowest BCUT2D eigenvalue weighted by molar-refractivity contribution is -0.136. The number of hydrogen-bond acceptors (Lipinski definition) is 7. The summed E-state index contributed by atoms with van der Waals surface area (Å²) in [6.07, 6.45) is -0.0910. The summed E-state index contributed by atoms with van der Waals surface area (Å²) in [5, 5.41) is 10.6. The van der Waals surface area contributed by atoms with Gasteiger partial charge in [0.2, 0.25) is 5.91 Å². The normalized spacial score (nSPS) is 23.3. The van der Waals surface area contributed by atoms with Crippen molar-refractivity contribution in [2.24, 2.45) is 0 Å². The average molecular weight is 325 g/mol. The zero-order valence-corrected chi connectivity index (χ0v) is 12.5. The van der Waals surface area contributed by atoms with E-state index in [1.807, 2.05) is 4.90 Å². The van der Waals surface area contributed by atoms with Crippen molar-refractivity contribution >= 4 is 34.3 Å². The lowest BCUT2D eigenvalue weighted by atomic mass is 10.2. The molecular formula is C13H15N3O5S. The zero-order chi connectivity index (χ0) is 15.7. The minimum absolute atomic E-state index is 0.132. The summed E-state index contributed by atoms with van der Waals surface area (Å²) < 4.78 is 5.26. The molecule has 0 aromatic carbocycles.